The number of ether oxygens (including phenoxy) is 1. The zero-order valence-electron chi connectivity index (χ0n) is 20.3. The van der Waals surface area contributed by atoms with Gasteiger partial charge < -0.3 is 14.2 Å². The zero-order valence-corrected chi connectivity index (χ0v) is 24.2. The monoisotopic (exact) mass is 619 g/mol. The summed E-state index contributed by atoms with van der Waals surface area (Å²) in [5, 5.41) is 0.499. The number of aryl methyl sites for hydroxylation is 1. The summed E-state index contributed by atoms with van der Waals surface area (Å²) in [4.78, 5) is 29.7. The molecule has 5 rings (SSSR count). The first-order valence-corrected chi connectivity index (χ1v) is 14.1. The van der Waals surface area contributed by atoms with Crippen LogP contribution in [0.5, 0.6) is 0 Å². The number of hydrogen-bond donors (Lipinski definition) is 0. The summed E-state index contributed by atoms with van der Waals surface area (Å²) in [6, 6.07) is 13.5. The summed E-state index contributed by atoms with van der Waals surface area (Å²) in [5.74, 6) is -0.353. The molecule has 2 aliphatic heterocycles. The van der Waals surface area contributed by atoms with Crippen LogP contribution in [0.3, 0.4) is 0 Å². The third-order valence-electron chi connectivity index (χ3n) is 6.55. The molecule has 2 aromatic carbocycles. The number of aromatic nitrogens is 1. The maximum atomic E-state index is 13.2. The minimum absolute atomic E-state index is 0.0308. The van der Waals surface area contributed by atoms with Crippen molar-refractivity contribution in [3.8, 4) is 5.69 Å². The molecule has 0 unspecified atom stereocenters. The van der Waals surface area contributed by atoms with Gasteiger partial charge in [-0.1, -0.05) is 29.3 Å². The van der Waals surface area contributed by atoms with Gasteiger partial charge in [0.15, 0.2) is 0 Å². The van der Waals surface area contributed by atoms with Crippen molar-refractivity contribution in [1.29, 1.82) is 0 Å². The summed E-state index contributed by atoms with van der Waals surface area (Å²) in [6.45, 7) is 7.25. The van der Waals surface area contributed by atoms with Crippen LogP contribution in [0.1, 0.15) is 22.5 Å². The Morgan fingerprint density at radius 3 is 2.43 bits per heavy atom. The maximum Gasteiger partial charge on any atom is 0.293 e. The van der Waals surface area contributed by atoms with Gasteiger partial charge in [0.05, 0.1) is 30.4 Å². The Labute approximate surface area is 238 Å². The van der Waals surface area contributed by atoms with Gasteiger partial charge in [-0.25, -0.2) is 0 Å². The molecular formula is C27H24BrCl2N3O3S. The number of rotatable bonds is 5. The van der Waals surface area contributed by atoms with Gasteiger partial charge in [-0.15, -0.1) is 0 Å². The number of carbonyl (C=O) groups excluding carboxylic acids is 2. The molecule has 2 aliphatic rings. The SMILES string of the molecule is Cc1cc(/C=C2\SC(=O)N(Cc3c(Cl)cccc3Cl)C2=O)c(C)n1-c1ccc(N2CCOCC2)c(Br)c1. The number of morpholine rings is 1. The van der Waals surface area contributed by atoms with Gasteiger partial charge >= 0.3 is 0 Å². The number of hydrogen-bond acceptors (Lipinski definition) is 5. The van der Waals surface area contributed by atoms with Crippen LogP contribution in [0.25, 0.3) is 11.8 Å². The molecule has 0 bridgehead atoms. The molecule has 3 aromatic rings. The van der Waals surface area contributed by atoms with Crippen molar-refractivity contribution in [3.05, 3.63) is 84.4 Å². The van der Waals surface area contributed by atoms with E-state index in [1.807, 2.05) is 19.9 Å². The first-order chi connectivity index (χ1) is 17.7. The van der Waals surface area contributed by atoms with Crippen molar-refractivity contribution in [3.63, 3.8) is 0 Å². The van der Waals surface area contributed by atoms with Gasteiger partial charge in [-0.05, 0) is 89.6 Å². The van der Waals surface area contributed by atoms with Gasteiger partial charge in [0.1, 0.15) is 0 Å². The molecule has 6 nitrogen and oxygen atoms in total. The summed E-state index contributed by atoms with van der Waals surface area (Å²) in [6.07, 6.45) is 1.79. The van der Waals surface area contributed by atoms with Crippen LogP contribution < -0.4 is 4.90 Å². The molecule has 2 amide bonds. The van der Waals surface area contributed by atoms with Gasteiger partial charge in [0.2, 0.25) is 0 Å². The van der Waals surface area contributed by atoms with Gasteiger partial charge in [0, 0.05) is 50.2 Å². The Kier molecular flexibility index (Phi) is 7.75. The third kappa shape index (κ3) is 5.22. The van der Waals surface area contributed by atoms with E-state index in [9.17, 15) is 9.59 Å². The van der Waals surface area contributed by atoms with Crippen LogP contribution in [-0.4, -0.2) is 46.9 Å². The average Bonchev–Trinajstić information content (AvgIpc) is 3.30. The summed E-state index contributed by atoms with van der Waals surface area (Å²) in [5.41, 5.74) is 5.59. The Bertz CT molecular complexity index is 1410. The fourth-order valence-electron chi connectivity index (χ4n) is 4.65. The maximum absolute atomic E-state index is 13.2. The quantitative estimate of drug-likeness (QED) is 0.282. The van der Waals surface area contributed by atoms with Crippen LogP contribution in [0, 0.1) is 13.8 Å². The van der Waals surface area contributed by atoms with Gasteiger partial charge in [0.25, 0.3) is 11.1 Å². The molecule has 0 atom stereocenters. The normalized spacial score (nSPS) is 17.4. The predicted molar refractivity (Wildman–Crippen MR) is 154 cm³/mol. The van der Waals surface area contributed by atoms with Gasteiger partial charge in [-0.2, -0.15) is 0 Å². The lowest BCUT2D eigenvalue weighted by Crippen LogP contribution is -2.36. The first kappa shape index (κ1) is 26.4. The highest BCUT2D eigenvalue weighted by Crippen LogP contribution is 2.37. The number of anilines is 1. The van der Waals surface area contributed by atoms with Crippen molar-refractivity contribution in [2.24, 2.45) is 0 Å². The summed E-state index contributed by atoms with van der Waals surface area (Å²) < 4.78 is 8.64. The van der Waals surface area contributed by atoms with Crippen LogP contribution in [0.2, 0.25) is 10.0 Å². The second kappa shape index (κ2) is 10.9. The van der Waals surface area contributed by atoms with Crippen LogP contribution in [0.15, 0.2) is 51.8 Å². The molecule has 1 aromatic heterocycles. The van der Waals surface area contributed by atoms with E-state index in [1.54, 1.807) is 24.3 Å². The number of halogens is 3. The molecule has 10 heteroatoms. The number of thioether (sulfide) groups is 1. The van der Waals surface area contributed by atoms with E-state index in [2.05, 4.69) is 43.6 Å². The summed E-state index contributed by atoms with van der Waals surface area (Å²) >= 11 is 17.2. The minimum Gasteiger partial charge on any atom is -0.378 e. The topological polar surface area (TPSA) is 54.8 Å². The standard InChI is InChI=1S/C27H24BrCl2N3O3S/c1-16-12-18(13-25-26(34)32(27(35)37-25)15-20-22(29)4-3-5-23(20)30)17(2)33(16)19-6-7-24(21(28)14-19)31-8-10-36-11-9-31/h3-7,12-14H,8-11,15H2,1-2H3/b25-13-. The molecule has 3 heterocycles. The Morgan fingerprint density at radius 2 is 1.76 bits per heavy atom. The molecule has 0 spiro atoms. The number of nitrogens with zero attached hydrogens (tertiary/aromatic N) is 3. The number of carbonyl (C=O) groups is 2. The van der Waals surface area contributed by atoms with Crippen molar-refractivity contribution in [2.45, 2.75) is 20.4 Å². The Hall–Kier alpha value is -2.23. The fraction of sp³-hybridized carbons (Fsp3) is 0.259. The minimum atomic E-state index is -0.353. The average molecular weight is 621 g/mol. The number of benzene rings is 2. The number of amides is 2. The second-order valence-corrected chi connectivity index (χ2v) is 11.5. The first-order valence-electron chi connectivity index (χ1n) is 11.7. The fourth-order valence-corrected chi connectivity index (χ4v) is 6.61. The van der Waals surface area contributed by atoms with Crippen LogP contribution >= 0.6 is 50.9 Å². The lowest BCUT2D eigenvalue weighted by atomic mass is 10.2. The van der Waals surface area contributed by atoms with Crippen molar-refractivity contribution < 1.29 is 14.3 Å². The molecule has 0 N–H and O–H groups in total. The molecule has 2 fully saturated rings. The third-order valence-corrected chi connectivity index (χ3v) is 8.80. The van der Waals surface area contributed by atoms with Crippen molar-refractivity contribution >= 4 is 73.8 Å². The molecule has 192 valence electrons. The van der Waals surface area contributed by atoms with E-state index >= 15 is 0 Å². The zero-order chi connectivity index (χ0) is 26.3. The molecular weight excluding hydrogens is 597 g/mol. The lowest BCUT2D eigenvalue weighted by Gasteiger charge is -2.30. The highest BCUT2D eigenvalue weighted by molar-refractivity contribution is 9.10. The Balaban J connectivity index is 1.41. The Morgan fingerprint density at radius 1 is 1.05 bits per heavy atom. The predicted octanol–water partition coefficient (Wildman–Crippen LogP) is 7.24. The molecule has 37 heavy (non-hydrogen) atoms. The van der Waals surface area contributed by atoms with E-state index in [4.69, 9.17) is 27.9 Å². The molecule has 0 radical (unpaired) electrons. The van der Waals surface area contributed by atoms with E-state index in [-0.39, 0.29) is 17.7 Å². The van der Waals surface area contributed by atoms with Crippen molar-refractivity contribution in [2.75, 3.05) is 31.2 Å². The van der Waals surface area contributed by atoms with E-state index in [1.165, 1.54) is 4.90 Å². The second-order valence-electron chi connectivity index (χ2n) is 8.87. The van der Waals surface area contributed by atoms with Crippen LogP contribution in [-0.2, 0) is 16.1 Å². The van der Waals surface area contributed by atoms with Crippen LogP contribution in [0.4, 0.5) is 10.5 Å². The lowest BCUT2D eigenvalue weighted by molar-refractivity contribution is -0.123. The van der Waals surface area contributed by atoms with E-state index in [0.717, 1.165) is 70.9 Å². The molecule has 2 saturated heterocycles. The highest BCUT2D eigenvalue weighted by Gasteiger charge is 2.36. The van der Waals surface area contributed by atoms with E-state index in [0.29, 0.717) is 20.5 Å². The largest absolute Gasteiger partial charge is 0.378 e. The van der Waals surface area contributed by atoms with E-state index < -0.39 is 0 Å². The van der Waals surface area contributed by atoms with Gasteiger partial charge in [-0.3, -0.25) is 14.5 Å². The molecule has 0 aliphatic carbocycles. The molecule has 0 saturated carbocycles. The summed E-state index contributed by atoms with van der Waals surface area (Å²) in [7, 11) is 0. The number of imide groups is 1. The highest BCUT2D eigenvalue weighted by atomic mass is 79.9. The smallest absolute Gasteiger partial charge is 0.293 e. The van der Waals surface area contributed by atoms with Crippen molar-refractivity contribution in [1.82, 2.24) is 9.47 Å².